The van der Waals surface area contributed by atoms with Crippen LogP contribution in [0.2, 0.25) is 0 Å². The zero-order valence-electron chi connectivity index (χ0n) is 10.5. The molecule has 0 heterocycles. The van der Waals surface area contributed by atoms with Crippen LogP contribution in [0.4, 0.5) is 4.39 Å². The van der Waals surface area contributed by atoms with Crippen LogP contribution in [0.1, 0.15) is 25.8 Å². The number of nitrogens with two attached hydrogens (primary N) is 1. The number of rotatable bonds is 5. The molecule has 1 aromatic carbocycles. The van der Waals surface area contributed by atoms with Crippen LogP contribution in [0.15, 0.2) is 22.7 Å². The van der Waals surface area contributed by atoms with Gasteiger partial charge in [0.15, 0.2) is 0 Å². The summed E-state index contributed by atoms with van der Waals surface area (Å²) in [6.45, 7) is 4.29. The Morgan fingerprint density at radius 3 is 2.78 bits per heavy atom. The Morgan fingerprint density at radius 1 is 1.50 bits per heavy atom. The van der Waals surface area contributed by atoms with E-state index in [1.165, 1.54) is 12.1 Å². The molecule has 0 fully saturated rings. The summed E-state index contributed by atoms with van der Waals surface area (Å²) >= 11 is 3.31. The highest BCUT2D eigenvalue weighted by molar-refractivity contribution is 9.10. The molecular weight excluding hydrogens is 299 g/mol. The molecule has 1 atom stereocenters. The van der Waals surface area contributed by atoms with E-state index in [1.54, 1.807) is 6.07 Å². The van der Waals surface area contributed by atoms with E-state index in [-0.39, 0.29) is 18.3 Å². The van der Waals surface area contributed by atoms with Crippen LogP contribution in [-0.2, 0) is 11.3 Å². The van der Waals surface area contributed by atoms with Crippen molar-refractivity contribution >= 4 is 21.8 Å². The molecule has 0 aliphatic heterocycles. The lowest BCUT2D eigenvalue weighted by atomic mass is 10.0. The first-order chi connectivity index (χ1) is 8.40. The highest BCUT2D eigenvalue weighted by atomic mass is 79.9. The first kappa shape index (κ1) is 15.1. The van der Waals surface area contributed by atoms with Gasteiger partial charge in [0.1, 0.15) is 5.82 Å². The Bertz CT molecular complexity index is 423. The molecule has 0 aliphatic carbocycles. The maximum absolute atomic E-state index is 13.0. The number of carbonyl (C=O) groups is 1. The van der Waals surface area contributed by atoms with Crippen molar-refractivity contribution in [3.8, 4) is 0 Å². The smallest absolute Gasteiger partial charge is 0.237 e. The summed E-state index contributed by atoms with van der Waals surface area (Å²) < 4.78 is 13.8. The Labute approximate surface area is 115 Å². The van der Waals surface area contributed by atoms with Gasteiger partial charge >= 0.3 is 0 Å². The number of hydrogen-bond acceptors (Lipinski definition) is 2. The van der Waals surface area contributed by atoms with Gasteiger partial charge < -0.3 is 11.1 Å². The monoisotopic (exact) mass is 316 g/mol. The molecule has 5 heteroatoms. The lowest BCUT2D eigenvalue weighted by Gasteiger charge is -2.14. The van der Waals surface area contributed by atoms with E-state index >= 15 is 0 Å². The average molecular weight is 317 g/mol. The van der Waals surface area contributed by atoms with Crippen molar-refractivity contribution in [2.45, 2.75) is 32.9 Å². The summed E-state index contributed by atoms with van der Waals surface area (Å²) in [5.41, 5.74) is 6.45. The second kappa shape index (κ2) is 6.85. The van der Waals surface area contributed by atoms with E-state index in [0.29, 0.717) is 17.9 Å². The molecule has 0 radical (unpaired) electrons. The molecule has 0 unspecified atom stereocenters. The normalized spacial score (nSPS) is 12.6. The lowest BCUT2D eigenvalue weighted by molar-refractivity contribution is -0.122. The number of carbonyl (C=O) groups excluding carboxylic acids is 1. The van der Waals surface area contributed by atoms with E-state index in [9.17, 15) is 9.18 Å². The van der Waals surface area contributed by atoms with Gasteiger partial charge in [-0.05, 0) is 36.1 Å². The number of nitrogens with one attached hydrogen (secondary N) is 1. The second-order valence-electron chi connectivity index (χ2n) is 4.69. The molecule has 0 aromatic heterocycles. The van der Waals surface area contributed by atoms with Crippen LogP contribution >= 0.6 is 15.9 Å². The van der Waals surface area contributed by atoms with Crippen molar-refractivity contribution in [1.82, 2.24) is 5.32 Å². The number of halogens is 2. The number of hydrogen-bond donors (Lipinski definition) is 2. The van der Waals surface area contributed by atoms with E-state index < -0.39 is 6.04 Å². The third kappa shape index (κ3) is 4.74. The Morgan fingerprint density at radius 2 is 2.17 bits per heavy atom. The van der Waals surface area contributed by atoms with Crippen molar-refractivity contribution in [1.29, 1.82) is 0 Å². The third-order valence-electron chi connectivity index (χ3n) is 2.52. The van der Waals surface area contributed by atoms with Gasteiger partial charge in [-0.25, -0.2) is 4.39 Å². The molecule has 1 amide bonds. The molecule has 0 spiro atoms. The Hall–Kier alpha value is -0.940. The molecule has 0 saturated heterocycles. The van der Waals surface area contributed by atoms with Crippen LogP contribution in [-0.4, -0.2) is 11.9 Å². The van der Waals surface area contributed by atoms with Crippen LogP contribution in [0, 0.1) is 11.7 Å². The van der Waals surface area contributed by atoms with Crippen molar-refractivity contribution in [3.63, 3.8) is 0 Å². The van der Waals surface area contributed by atoms with E-state index in [2.05, 4.69) is 21.2 Å². The standard InChI is InChI=1S/C13H18BrFN2O/c1-8(2)5-12(16)13(18)17-7-9-6-10(15)3-4-11(9)14/h3-4,6,8,12H,5,7,16H2,1-2H3,(H,17,18)/t12-/m0/s1. The summed E-state index contributed by atoms with van der Waals surface area (Å²) in [6.07, 6.45) is 0.635. The Kier molecular flexibility index (Phi) is 5.75. The average Bonchev–Trinajstić information content (AvgIpc) is 2.29. The van der Waals surface area contributed by atoms with Gasteiger partial charge in [-0.15, -0.1) is 0 Å². The van der Waals surface area contributed by atoms with Crippen molar-refractivity contribution in [2.75, 3.05) is 0 Å². The van der Waals surface area contributed by atoms with Crippen LogP contribution in [0.5, 0.6) is 0 Å². The predicted molar refractivity (Wildman–Crippen MR) is 73.4 cm³/mol. The topological polar surface area (TPSA) is 55.1 Å². The summed E-state index contributed by atoms with van der Waals surface area (Å²) in [6, 6.07) is 3.85. The zero-order valence-corrected chi connectivity index (χ0v) is 12.1. The molecule has 18 heavy (non-hydrogen) atoms. The lowest BCUT2D eigenvalue weighted by Crippen LogP contribution is -2.41. The Balaban J connectivity index is 2.54. The second-order valence-corrected chi connectivity index (χ2v) is 5.54. The summed E-state index contributed by atoms with van der Waals surface area (Å²) in [5.74, 6) is -0.166. The fourth-order valence-corrected chi connectivity index (χ4v) is 1.99. The van der Waals surface area contributed by atoms with Gasteiger partial charge in [0.2, 0.25) is 5.91 Å². The predicted octanol–water partition coefficient (Wildman–Crippen LogP) is 2.58. The van der Waals surface area contributed by atoms with Gasteiger partial charge in [0.25, 0.3) is 0 Å². The molecule has 0 saturated carbocycles. The van der Waals surface area contributed by atoms with Gasteiger partial charge in [-0.1, -0.05) is 29.8 Å². The van der Waals surface area contributed by atoms with Gasteiger partial charge in [-0.3, -0.25) is 4.79 Å². The van der Waals surface area contributed by atoms with Gasteiger partial charge in [0, 0.05) is 11.0 Å². The largest absolute Gasteiger partial charge is 0.351 e. The van der Waals surface area contributed by atoms with Crippen LogP contribution in [0.3, 0.4) is 0 Å². The number of benzene rings is 1. The molecule has 3 nitrogen and oxygen atoms in total. The van der Waals surface area contributed by atoms with E-state index in [4.69, 9.17) is 5.73 Å². The molecule has 3 N–H and O–H groups in total. The van der Waals surface area contributed by atoms with Crippen molar-refractivity contribution in [2.24, 2.45) is 11.7 Å². The molecule has 0 aliphatic rings. The van der Waals surface area contributed by atoms with Gasteiger partial charge in [0.05, 0.1) is 6.04 Å². The highest BCUT2D eigenvalue weighted by Crippen LogP contribution is 2.17. The maximum Gasteiger partial charge on any atom is 0.237 e. The fourth-order valence-electron chi connectivity index (χ4n) is 1.61. The number of amides is 1. The van der Waals surface area contributed by atoms with Crippen LogP contribution < -0.4 is 11.1 Å². The first-order valence-electron chi connectivity index (χ1n) is 5.87. The quantitative estimate of drug-likeness (QED) is 0.877. The van der Waals surface area contributed by atoms with E-state index in [0.717, 1.165) is 4.47 Å². The molecular formula is C13H18BrFN2O. The van der Waals surface area contributed by atoms with Crippen molar-refractivity contribution in [3.05, 3.63) is 34.1 Å². The molecule has 1 aromatic rings. The van der Waals surface area contributed by atoms with Gasteiger partial charge in [-0.2, -0.15) is 0 Å². The highest BCUT2D eigenvalue weighted by Gasteiger charge is 2.14. The SMILES string of the molecule is CC(C)C[C@H](N)C(=O)NCc1cc(F)ccc1Br. The zero-order chi connectivity index (χ0) is 13.7. The fraction of sp³-hybridized carbons (Fsp3) is 0.462. The van der Waals surface area contributed by atoms with Crippen LogP contribution in [0.25, 0.3) is 0 Å². The maximum atomic E-state index is 13.0. The minimum Gasteiger partial charge on any atom is -0.351 e. The molecule has 100 valence electrons. The summed E-state index contributed by atoms with van der Waals surface area (Å²) in [7, 11) is 0. The minimum atomic E-state index is -0.516. The van der Waals surface area contributed by atoms with Crippen molar-refractivity contribution < 1.29 is 9.18 Å². The summed E-state index contributed by atoms with van der Waals surface area (Å²) in [4.78, 5) is 11.7. The molecule has 1 rings (SSSR count). The van der Waals surface area contributed by atoms with E-state index in [1.807, 2.05) is 13.8 Å². The third-order valence-corrected chi connectivity index (χ3v) is 3.30. The first-order valence-corrected chi connectivity index (χ1v) is 6.66. The molecule has 0 bridgehead atoms. The summed E-state index contributed by atoms with van der Waals surface area (Å²) in [5, 5.41) is 2.71. The minimum absolute atomic E-state index is 0.208.